The first-order valence-electron chi connectivity index (χ1n) is 13.1. The fraction of sp³-hybridized carbons (Fsp3) is 0.786. The van der Waals surface area contributed by atoms with Crippen LogP contribution in [0.5, 0.6) is 5.75 Å². The third-order valence-corrected chi connectivity index (χ3v) is 14.4. The molecule has 0 saturated carbocycles. The van der Waals surface area contributed by atoms with Crippen molar-refractivity contribution >= 4 is 8.32 Å². The number of piperidine rings is 1. The predicted molar refractivity (Wildman–Crippen MR) is 140 cm³/mol. The molecule has 1 aliphatic heterocycles. The lowest BCUT2D eigenvalue weighted by Gasteiger charge is -2.45. The zero-order valence-electron chi connectivity index (χ0n) is 22.1. The van der Waals surface area contributed by atoms with Crippen molar-refractivity contribution in [2.45, 2.75) is 116 Å². The number of hydrogen-bond donors (Lipinski definition) is 0. The molecule has 178 valence electrons. The van der Waals surface area contributed by atoms with Gasteiger partial charge in [0, 0.05) is 6.54 Å². The fourth-order valence-electron chi connectivity index (χ4n) is 6.17. The van der Waals surface area contributed by atoms with Crippen LogP contribution < -0.4 is 4.43 Å². The molecule has 0 bridgehead atoms. The van der Waals surface area contributed by atoms with Crippen molar-refractivity contribution in [2.75, 3.05) is 19.6 Å². The van der Waals surface area contributed by atoms with E-state index in [4.69, 9.17) is 4.43 Å². The van der Waals surface area contributed by atoms with Crippen molar-refractivity contribution in [1.82, 2.24) is 4.90 Å². The smallest absolute Gasteiger partial charge is 0.258 e. The first kappa shape index (κ1) is 26.4. The molecular formula is C28H51NOSi. The van der Waals surface area contributed by atoms with Crippen LogP contribution in [0.3, 0.4) is 0 Å². The van der Waals surface area contributed by atoms with Gasteiger partial charge < -0.3 is 9.33 Å². The maximum absolute atomic E-state index is 6.90. The first-order chi connectivity index (χ1) is 14.6. The van der Waals surface area contributed by atoms with Gasteiger partial charge in [0.25, 0.3) is 8.32 Å². The van der Waals surface area contributed by atoms with Gasteiger partial charge in [-0.05, 0) is 71.6 Å². The normalized spacial score (nSPS) is 23.2. The second-order valence-electron chi connectivity index (χ2n) is 11.4. The average Bonchev–Trinajstić information content (AvgIpc) is 2.71. The van der Waals surface area contributed by atoms with Crippen molar-refractivity contribution in [3.05, 3.63) is 29.8 Å². The summed E-state index contributed by atoms with van der Waals surface area (Å²) in [6.45, 7) is 25.1. The SMILES string of the molecule is CCCCCCN1CCC(C)(c2ccc(O[Si](C(C)C)(C(C)C)C(C)C)cc2)C(C)C1. The highest BCUT2D eigenvalue weighted by atomic mass is 28.4. The van der Waals surface area contributed by atoms with Crippen LogP contribution >= 0.6 is 0 Å². The summed E-state index contributed by atoms with van der Waals surface area (Å²) in [6, 6.07) is 9.25. The lowest BCUT2D eigenvalue weighted by Crippen LogP contribution is -2.50. The van der Waals surface area contributed by atoms with Gasteiger partial charge >= 0.3 is 0 Å². The van der Waals surface area contributed by atoms with Gasteiger partial charge in [-0.25, -0.2) is 0 Å². The Balaban J connectivity index is 2.09. The summed E-state index contributed by atoms with van der Waals surface area (Å²) >= 11 is 0. The average molecular weight is 446 g/mol. The zero-order valence-corrected chi connectivity index (χ0v) is 23.1. The van der Waals surface area contributed by atoms with Crippen LogP contribution in [0.1, 0.15) is 100.0 Å². The molecule has 1 aliphatic rings. The van der Waals surface area contributed by atoms with Gasteiger partial charge in [-0.3, -0.25) is 0 Å². The van der Waals surface area contributed by atoms with E-state index >= 15 is 0 Å². The lowest BCUT2D eigenvalue weighted by molar-refractivity contribution is 0.109. The third-order valence-electron chi connectivity index (χ3n) is 8.41. The number of nitrogens with zero attached hydrogens (tertiary/aromatic N) is 1. The Morgan fingerprint density at radius 3 is 2.03 bits per heavy atom. The van der Waals surface area contributed by atoms with Gasteiger partial charge in [0.05, 0.1) is 0 Å². The van der Waals surface area contributed by atoms with Gasteiger partial charge in [-0.2, -0.15) is 0 Å². The Morgan fingerprint density at radius 2 is 1.55 bits per heavy atom. The number of rotatable bonds is 11. The Morgan fingerprint density at radius 1 is 0.968 bits per heavy atom. The van der Waals surface area contributed by atoms with Crippen LogP contribution in [0.15, 0.2) is 24.3 Å². The van der Waals surface area contributed by atoms with Crippen LogP contribution in [0, 0.1) is 5.92 Å². The molecule has 0 aliphatic carbocycles. The molecule has 2 atom stereocenters. The molecule has 0 amide bonds. The number of benzene rings is 1. The highest BCUT2D eigenvalue weighted by molar-refractivity contribution is 6.78. The Kier molecular flexibility index (Phi) is 9.70. The van der Waals surface area contributed by atoms with Gasteiger partial charge in [-0.1, -0.05) is 93.7 Å². The van der Waals surface area contributed by atoms with Crippen molar-refractivity contribution in [1.29, 1.82) is 0 Å². The summed E-state index contributed by atoms with van der Waals surface area (Å²) in [5.41, 5.74) is 3.56. The minimum atomic E-state index is -1.89. The van der Waals surface area contributed by atoms with E-state index in [9.17, 15) is 0 Å². The molecule has 0 spiro atoms. The van der Waals surface area contributed by atoms with Crippen molar-refractivity contribution in [2.24, 2.45) is 5.92 Å². The lowest BCUT2D eigenvalue weighted by atomic mass is 9.68. The molecular weight excluding hydrogens is 394 g/mol. The summed E-state index contributed by atoms with van der Waals surface area (Å²) in [6.07, 6.45) is 6.70. The van der Waals surface area contributed by atoms with Crippen LogP contribution in [-0.4, -0.2) is 32.9 Å². The minimum Gasteiger partial charge on any atom is -0.543 e. The highest BCUT2D eigenvalue weighted by Crippen LogP contribution is 2.44. The second-order valence-corrected chi connectivity index (χ2v) is 16.7. The molecule has 1 aromatic rings. The number of hydrogen-bond acceptors (Lipinski definition) is 2. The van der Waals surface area contributed by atoms with E-state index in [0.717, 1.165) is 5.75 Å². The maximum Gasteiger partial charge on any atom is 0.258 e. The van der Waals surface area contributed by atoms with Crippen LogP contribution in [-0.2, 0) is 5.41 Å². The highest BCUT2D eigenvalue weighted by Gasteiger charge is 2.47. The van der Waals surface area contributed by atoms with Crippen molar-refractivity contribution < 1.29 is 4.43 Å². The summed E-state index contributed by atoms with van der Waals surface area (Å²) in [5, 5.41) is 0. The zero-order chi connectivity index (χ0) is 23.2. The Bertz CT molecular complexity index is 632. The van der Waals surface area contributed by atoms with Crippen LogP contribution in [0.4, 0.5) is 0 Å². The van der Waals surface area contributed by atoms with Gasteiger partial charge in [0.15, 0.2) is 0 Å². The summed E-state index contributed by atoms with van der Waals surface area (Å²) < 4.78 is 6.90. The molecule has 1 heterocycles. The summed E-state index contributed by atoms with van der Waals surface area (Å²) in [5.74, 6) is 1.76. The van der Waals surface area contributed by atoms with Crippen LogP contribution in [0.25, 0.3) is 0 Å². The molecule has 2 rings (SSSR count). The number of unbranched alkanes of at least 4 members (excludes halogenated alkanes) is 3. The van der Waals surface area contributed by atoms with E-state index in [1.165, 1.54) is 57.3 Å². The minimum absolute atomic E-state index is 0.265. The van der Waals surface area contributed by atoms with Crippen LogP contribution in [0.2, 0.25) is 16.6 Å². The van der Waals surface area contributed by atoms with Gasteiger partial charge in [-0.15, -0.1) is 0 Å². The third kappa shape index (κ3) is 5.96. The molecule has 2 unspecified atom stereocenters. The van der Waals surface area contributed by atoms with E-state index in [2.05, 4.69) is 91.5 Å². The molecule has 3 heteroatoms. The summed E-state index contributed by atoms with van der Waals surface area (Å²) in [7, 11) is -1.89. The number of likely N-dealkylation sites (tertiary alicyclic amines) is 1. The fourth-order valence-corrected chi connectivity index (χ4v) is 11.4. The quantitative estimate of drug-likeness (QED) is 0.250. The van der Waals surface area contributed by atoms with E-state index in [1.54, 1.807) is 0 Å². The summed E-state index contributed by atoms with van der Waals surface area (Å²) in [4.78, 5) is 2.70. The largest absolute Gasteiger partial charge is 0.543 e. The molecule has 1 aromatic carbocycles. The topological polar surface area (TPSA) is 12.5 Å². The predicted octanol–water partition coefficient (Wildman–Crippen LogP) is 8.42. The maximum atomic E-state index is 6.90. The van der Waals surface area contributed by atoms with E-state index < -0.39 is 8.32 Å². The molecule has 0 aromatic heterocycles. The Hall–Kier alpha value is -0.803. The monoisotopic (exact) mass is 445 g/mol. The first-order valence-corrected chi connectivity index (χ1v) is 15.2. The van der Waals surface area contributed by atoms with E-state index in [1.807, 2.05) is 0 Å². The molecule has 31 heavy (non-hydrogen) atoms. The molecule has 1 fully saturated rings. The van der Waals surface area contributed by atoms with E-state index in [0.29, 0.717) is 22.5 Å². The molecule has 1 saturated heterocycles. The Labute approximate surface area is 195 Å². The van der Waals surface area contributed by atoms with Gasteiger partial charge in [0.1, 0.15) is 5.75 Å². The standard InChI is InChI=1S/C28H51NOSi/c1-10-11-12-13-19-29-20-18-28(9,25(8)21-29)26-14-16-27(17-15-26)30-31(22(2)3,23(4)5)24(6)7/h14-17,22-25H,10-13,18-21H2,1-9H3. The molecule has 2 nitrogen and oxygen atoms in total. The van der Waals surface area contributed by atoms with E-state index in [-0.39, 0.29) is 5.41 Å². The second kappa shape index (κ2) is 11.4. The van der Waals surface area contributed by atoms with Crippen molar-refractivity contribution in [3.8, 4) is 5.75 Å². The molecule has 0 radical (unpaired) electrons. The molecule has 0 N–H and O–H groups in total. The van der Waals surface area contributed by atoms with Crippen molar-refractivity contribution in [3.63, 3.8) is 0 Å². The van der Waals surface area contributed by atoms with Gasteiger partial charge in [0.2, 0.25) is 0 Å².